The Morgan fingerprint density at radius 3 is 2.90 bits per heavy atom. The fraction of sp³-hybridized carbons (Fsp3) is 0.308. The van der Waals surface area contributed by atoms with E-state index in [1.54, 1.807) is 24.0 Å². The van der Waals surface area contributed by atoms with E-state index in [0.717, 1.165) is 5.56 Å². The summed E-state index contributed by atoms with van der Waals surface area (Å²) >= 11 is 5.77. The second kappa shape index (κ2) is 6.55. The van der Waals surface area contributed by atoms with Crippen LogP contribution in [0.5, 0.6) is 0 Å². The van der Waals surface area contributed by atoms with Crippen LogP contribution in [0.1, 0.15) is 5.56 Å². The molecular weight excluding hydrogens is 296 g/mol. The Hall–Kier alpha value is -2.12. The molecule has 0 radical (unpaired) electrons. The predicted octanol–water partition coefficient (Wildman–Crippen LogP) is 2.00. The third kappa shape index (κ3) is 3.93. The van der Waals surface area contributed by atoms with E-state index in [9.17, 15) is 15.2 Å². The molecule has 0 aliphatic heterocycles. The molecule has 112 valence electrons. The smallest absolute Gasteiger partial charge is 0.293 e. The molecule has 1 unspecified atom stereocenters. The minimum Gasteiger partial charge on any atom is -0.394 e. The number of aryl methyl sites for hydroxylation is 1. The minimum absolute atomic E-state index is 0.118. The zero-order valence-electron chi connectivity index (χ0n) is 11.4. The van der Waals surface area contributed by atoms with Crippen LogP contribution in [0.2, 0.25) is 5.02 Å². The first kappa shape index (κ1) is 15.3. The first-order chi connectivity index (χ1) is 9.99. The van der Waals surface area contributed by atoms with E-state index < -0.39 is 4.92 Å². The average Bonchev–Trinajstić information content (AvgIpc) is 2.85. The Labute approximate surface area is 126 Å². The van der Waals surface area contributed by atoms with Crippen LogP contribution in [0, 0.1) is 10.1 Å². The van der Waals surface area contributed by atoms with Gasteiger partial charge in [-0.05, 0) is 24.1 Å². The summed E-state index contributed by atoms with van der Waals surface area (Å²) < 4.78 is 1.66. The molecule has 8 heteroatoms. The van der Waals surface area contributed by atoms with Crippen LogP contribution in [-0.4, -0.2) is 32.5 Å². The quantitative estimate of drug-likeness (QED) is 0.628. The van der Waals surface area contributed by atoms with Crippen LogP contribution in [0.15, 0.2) is 30.6 Å². The monoisotopic (exact) mass is 310 g/mol. The molecule has 1 aromatic heterocycles. The zero-order valence-corrected chi connectivity index (χ0v) is 12.1. The van der Waals surface area contributed by atoms with Crippen LogP contribution < -0.4 is 5.32 Å². The van der Waals surface area contributed by atoms with Gasteiger partial charge in [0, 0.05) is 24.3 Å². The highest BCUT2D eigenvalue weighted by Gasteiger charge is 2.18. The summed E-state index contributed by atoms with van der Waals surface area (Å²) in [6.07, 6.45) is 4.03. The van der Waals surface area contributed by atoms with E-state index in [4.69, 9.17) is 11.6 Å². The third-order valence-electron chi connectivity index (χ3n) is 2.98. The number of nitrogens with zero attached hydrogens (tertiary/aromatic N) is 3. The van der Waals surface area contributed by atoms with Crippen molar-refractivity contribution in [3.05, 3.63) is 51.3 Å². The van der Waals surface area contributed by atoms with Crippen molar-refractivity contribution in [2.45, 2.75) is 12.5 Å². The number of anilines is 1. The predicted molar refractivity (Wildman–Crippen MR) is 79.5 cm³/mol. The lowest BCUT2D eigenvalue weighted by Crippen LogP contribution is -2.26. The minimum atomic E-state index is -0.507. The number of nitrogens with one attached hydrogen (secondary N) is 1. The van der Waals surface area contributed by atoms with Gasteiger partial charge >= 0.3 is 0 Å². The molecule has 2 aromatic rings. The van der Waals surface area contributed by atoms with Crippen LogP contribution >= 0.6 is 11.6 Å². The first-order valence-electron chi connectivity index (χ1n) is 6.28. The molecule has 2 rings (SSSR count). The van der Waals surface area contributed by atoms with Gasteiger partial charge in [0.2, 0.25) is 0 Å². The number of benzene rings is 1. The topological polar surface area (TPSA) is 93.2 Å². The van der Waals surface area contributed by atoms with Gasteiger partial charge in [0.15, 0.2) is 0 Å². The fourth-order valence-corrected chi connectivity index (χ4v) is 2.19. The van der Waals surface area contributed by atoms with Gasteiger partial charge in [-0.15, -0.1) is 0 Å². The lowest BCUT2D eigenvalue weighted by atomic mass is 10.1. The molecule has 0 saturated heterocycles. The second-order valence-electron chi connectivity index (χ2n) is 4.67. The molecule has 0 aliphatic rings. The molecule has 0 aliphatic carbocycles. The molecule has 1 atom stereocenters. The Kier molecular flexibility index (Phi) is 4.77. The SMILES string of the molecule is Cn1cc(CC(CO)Nc2ccc(Cl)cc2[N+](=O)[O-])cn1. The zero-order chi connectivity index (χ0) is 15.4. The molecule has 2 N–H and O–H groups in total. The summed E-state index contributed by atoms with van der Waals surface area (Å²) in [7, 11) is 1.80. The van der Waals surface area contributed by atoms with Crippen molar-refractivity contribution < 1.29 is 10.0 Å². The summed E-state index contributed by atoms with van der Waals surface area (Å²) in [5.41, 5.74) is 1.14. The molecule has 0 bridgehead atoms. The highest BCUT2D eigenvalue weighted by molar-refractivity contribution is 6.30. The molecule has 0 saturated carbocycles. The van der Waals surface area contributed by atoms with Crippen molar-refractivity contribution in [1.29, 1.82) is 0 Å². The van der Waals surface area contributed by atoms with Gasteiger partial charge in [-0.3, -0.25) is 14.8 Å². The number of rotatable bonds is 6. The van der Waals surface area contributed by atoms with Gasteiger partial charge in [0.1, 0.15) is 5.69 Å². The van der Waals surface area contributed by atoms with E-state index in [-0.39, 0.29) is 18.3 Å². The molecule has 0 spiro atoms. The molecule has 7 nitrogen and oxygen atoms in total. The Balaban J connectivity index is 2.16. The van der Waals surface area contributed by atoms with Gasteiger partial charge < -0.3 is 10.4 Å². The summed E-state index contributed by atoms with van der Waals surface area (Å²) in [5.74, 6) is 0. The fourth-order valence-electron chi connectivity index (χ4n) is 2.02. The van der Waals surface area contributed by atoms with Crippen LogP contribution in [0.4, 0.5) is 11.4 Å². The number of nitro groups is 1. The van der Waals surface area contributed by atoms with E-state index >= 15 is 0 Å². The number of hydrogen-bond donors (Lipinski definition) is 2. The first-order valence-corrected chi connectivity index (χ1v) is 6.66. The Bertz CT molecular complexity index is 644. The average molecular weight is 311 g/mol. The van der Waals surface area contributed by atoms with Gasteiger partial charge in [-0.1, -0.05) is 11.6 Å². The van der Waals surface area contributed by atoms with E-state index in [0.29, 0.717) is 17.1 Å². The summed E-state index contributed by atoms with van der Waals surface area (Å²) in [6.45, 7) is -0.158. The summed E-state index contributed by atoms with van der Waals surface area (Å²) in [5, 5.41) is 27.8. The van der Waals surface area contributed by atoms with Crippen molar-refractivity contribution in [3.63, 3.8) is 0 Å². The van der Waals surface area contributed by atoms with Gasteiger partial charge in [-0.25, -0.2) is 0 Å². The maximum Gasteiger partial charge on any atom is 0.293 e. The van der Waals surface area contributed by atoms with Crippen molar-refractivity contribution in [3.8, 4) is 0 Å². The lowest BCUT2D eigenvalue weighted by Gasteiger charge is -2.16. The van der Waals surface area contributed by atoms with Crippen LogP contribution in [0.25, 0.3) is 0 Å². The maximum absolute atomic E-state index is 11.0. The molecule has 21 heavy (non-hydrogen) atoms. The number of nitro benzene ring substituents is 1. The number of aliphatic hydroxyl groups is 1. The van der Waals surface area contributed by atoms with E-state index in [1.165, 1.54) is 12.1 Å². The second-order valence-corrected chi connectivity index (χ2v) is 5.11. The normalized spacial score (nSPS) is 12.1. The van der Waals surface area contributed by atoms with E-state index in [1.807, 2.05) is 6.20 Å². The third-order valence-corrected chi connectivity index (χ3v) is 3.21. The highest BCUT2D eigenvalue weighted by atomic mass is 35.5. The molecule has 1 heterocycles. The van der Waals surface area contributed by atoms with Gasteiger partial charge in [0.25, 0.3) is 5.69 Å². The largest absolute Gasteiger partial charge is 0.394 e. The van der Waals surface area contributed by atoms with Gasteiger partial charge in [-0.2, -0.15) is 5.10 Å². The Morgan fingerprint density at radius 2 is 2.33 bits per heavy atom. The number of aliphatic hydroxyl groups excluding tert-OH is 1. The van der Waals surface area contributed by atoms with Crippen molar-refractivity contribution in [2.24, 2.45) is 7.05 Å². The van der Waals surface area contributed by atoms with Crippen molar-refractivity contribution in [2.75, 3.05) is 11.9 Å². The molecule has 1 aromatic carbocycles. The van der Waals surface area contributed by atoms with Crippen LogP contribution in [-0.2, 0) is 13.5 Å². The van der Waals surface area contributed by atoms with Crippen molar-refractivity contribution in [1.82, 2.24) is 9.78 Å². The van der Waals surface area contributed by atoms with Crippen molar-refractivity contribution >= 4 is 23.0 Å². The molecule has 0 amide bonds. The highest BCUT2D eigenvalue weighted by Crippen LogP contribution is 2.28. The van der Waals surface area contributed by atoms with Crippen LogP contribution in [0.3, 0.4) is 0 Å². The standard InChI is InChI=1S/C13H15ClN4O3/c1-17-7-9(6-15-17)4-11(8-19)16-12-3-2-10(14)5-13(12)18(20)21/h2-3,5-7,11,16,19H,4,8H2,1H3. The molecular formula is C13H15ClN4O3. The van der Waals surface area contributed by atoms with Gasteiger partial charge in [0.05, 0.1) is 23.8 Å². The maximum atomic E-state index is 11.0. The Morgan fingerprint density at radius 1 is 1.57 bits per heavy atom. The van der Waals surface area contributed by atoms with E-state index in [2.05, 4.69) is 10.4 Å². The summed E-state index contributed by atoms with van der Waals surface area (Å²) in [6, 6.07) is 4.03. The number of aromatic nitrogens is 2. The lowest BCUT2D eigenvalue weighted by molar-refractivity contribution is -0.384. The molecule has 0 fully saturated rings. The summed E-state index contributed by atoms with van der Waals surface area (Å²) in [4.78, 5) is 10.5. The number of hydrogen-bond acceptors (Lipinski definition) is 5. The number of halogens is 1.